The SMILES string of the molecule is COc1ccccc1N1C(=O)[C@H]2C[C@@H](c3ccccc3)CC[C@H]2C1=O. The lowest BCUT2D eigenvalue weighted by atomic mass is 9.73. The van der Waals surface area contributed by atoms with Gasteiger partial charge in [0.1, 0.15) is 5.75 Å². The van der Waals surface area contributed by atoms with Crippen LogP contribution >= 0.6 is 0 Å². The molecule has 2 amide bonds. The first-order chi connectivity index (χ1) is 12.2. The number of carbonyl (C=O) groups is 2. The van der Waals surface area contributed by atoms with E-state index in [0.29, 0.717) is 17.4 Å². The molecule has 4 rings (SSSR count). The van der Waals surface area contributed by atoms with Crippen molar-refractivity contribution in [1.29, 1.82) is 0 Å². The summed E-state index contributed by atoms with van der Waals surface area (Å²) in [4.78, 5) is 27.3. The molecule has 2 aliphatic rings. The molecule has 1 saturated heterocycles. The molecular weight excluding hydrogens is 314 g/mol. The number of ether oxygens (including phenoxy) is 1. The fraction of sp³-hybridized carbons (Fsp3) is 0.333. The maximum absolute atomic E-state index is 13.0. The number of benzene rings is 2. The van der Waals surface area contributed by atoms with Gasteiger partial charge in [-0.2, -0.15) is 0 Å². The van der Waals surface area contributed by atoms with Crippen LogP contribution in [0.3, 0.4) is 0 Å². The number of amides is 2. The van der Waals surface area contributed by atoms with Crippen molar-refractivity contribution in [3.63, 3.8) is 0 Å². The standard InChI is InChI=1S/C21H21NO3/c1-25-19-10-6-5-9-18(19)22-20(23)16-12-11-15(13-17(16)21(22)24)14-7-3-2-4-8-14/h2-10,15-17H,11-13H2,1H3/t15-,16+,17-/m0/s1. The van der Waals surface area contributed by atoms with Crippen molar-refractivity contribution in [3.05, 3.63) is 60.2 Å². The summed E-state index contributed by atoms with van der Waals surface area (Å²) in [6.07, 6.45) is 2.45. The molecule has 1 saturated carbocycles. The van der Waals surface area contributed by atoms with Crippen LogP contribution in [0.4, 0.5) is 5.69 Å². The van der Waals surface area contributed by atoms with Gasteiger partial charge in [0.2, 0.25) is 11.8 Å². The Hall–Kier alpha value is -2.62. The Labute approximate surface area is 147 Å². The molecule has 2 fully saturated rings. The number of para-hydroxylation sites is 2. The molecule has 1 aliphatic carbocycles. The van der Waals surface area contributed by atoms with E-state index in [-0.39, 0.29) is 23.7 Å². The molecule has 4 nitrogen and oxygen atoms in total. The third-order valence-corrected chi connectivity index (χ3v) is 5.52. The molecule has 2 aromatic carbocycles. The minimum atomic E-state index is -0.226. The van der Waals surface area contributed by atoms with E-state index < -0.39 is 0 Å². The molecule has 4 heteroatoms. The Morgan fingerprint density at radius 3 is 2.32 bits per heavy atom. The van der Waals surface area contributed by atoms with Crippen LogP contribution < -0.4 is 9.64 Å². The molecule has 0 radical (unpaired) electrons. The summed E-state index contributed by atoms with van der Waals surface area (Å²) in [6, 6.07) is 17.5. The number of rotatable bonds is 3. The van der Waals surface area contributed by atoms with Crippen molar-refractivity contribution in [2.45, 2.75) is 25.2 Å². The van der Waals surface area contributed by atoms with Crippen LogP contribution in [0.25, 0.3) is 0 Å². The number of fused-ring (bicyclic) bond motifs is 1. The minimum absolute atomic E-state index is 0.0778. The van der Waals surface area contributed by atoms with Crippen LogP contribution in [0.1, 0.15) is 30.7 Å². The van der Waals surface area contributed by atoms with Crippen LogP contribution in [-0.2, 0) is 9.59 Å². The number of imide groups is 1. The van der Waals surface area contributed by atoms with Crippen molar-refractivity contribution >= 4 is 17.5 Å². The predicted molar refractivity (Wildman–Crippen MR) is 95.5 cm³/mol. The first-order valence-corrected chi connectivity index (χ1v) is 8.76. The van der Waals surface area contributed by atoms with Crippen molar-refractivity contribution in [3.8, 4) is 5.75 Å². The van der Waals surface area contributed by atoms with Crippen LogP contribution in [0.15, 0.2) is 54.6 Å². The van der Waals surface area contributed by atoms with E-state index in [4.69, 9.17) is 4.74 Å². The lowest BCUT2D eigenvalue weighted by Gasteiger charge is -2.28. The Kier molecular flexibility index (Phi) is 4.04. The number of hydrogen-bond acceptors (Lipinski definition) is 3. The van der Waals surface area contributed by atoms with Gasteiger partial charge in [-0.3, -0.25) is 9.59 Å². The maximum atomic E-state index is 13.0. The van der Waals surface area contributed by atoms with Gasteiger partial charge in [-0.25, -0.2) is 4.90 Å². The summed E-state index contributed by atoms with van der Waals surface area (Å²) < 4.78 is 5.35. The van der Waals surface area contributed by atoms with Gasteiger partial charge in [0, 0.05) is 0 Å². The van der Waals surface area contributed by atoms with Gasteiger partial charge in [0.15, 0.2) is 0 Å². The Morgan fingerprint density at radius 1 is 0.880 bits per heavy atom. The van der Waals surface area contributed by atoms with Crippen LogP contribution in [0.2, 0.25) is 0 Å². The van der Waals surface area contributed by atoms with E-state index in [1.54, 1.807) is 19.2 Å². The zero-order valence-electron chi connectivity index (χ0n) is 14.2. The van der Waals surface area contributed by atoms with Gasteiger partial charge in [-0.15, -0.1) is 0 Å². The predicted octanol–water partition coefficient (Wildman–Crippen LogP) is 3.77. The fourth-order valence-corrected chi connectivity index (χ4v) is 4.26. The molecule has 0 unspecified atom stereocenters. The molecule has 2 aromatic rings. The largest absolute Gasteiger partial charge is 0.495 e. The van der Waals surface area contributed by atoms with Gasteiger partial charge < -0.3 is 4.74 Å². The maximum Gasteiger partial charge on any atom is 0.237 e. The van der Waals surface area contributed by atoms with Gasteiger partial charge in [-0.1, -0.05) is 42.5 Å². The number of carbonyl (C=O) groups excluding carboxylic acids is 2. The van der Waals surface area contributed by atoms with Crippen molar-refractivity contribution < 1.29 is 14.3 Å². The van der Waals surface area contributed by atoms with Crippen molar-refractivity contribution in [2.75, 3.05) is 12.0 Å². The molecule has 1 heterocycles. The van der Waals surface area contributed by atoms with E-state index in [0.717, 1.165) is 19.3 Å². The second-order valence-electron chi connectivity index (χ2n) is 6.82. The average Bonchev–Trinajstić information content (AvgIpc) is 2.92. The zero-order valence-corrected chi connectivity index (χ0v) is 14.2. The normalized spacial score (nSPS) is 25.8. The van der Waals surface area contributed by atoms with Gasteiger partial charge in [-0.05, 0) is 42.9 Å². The molecule has 1 aliphatic heterocycles. The molecule has 0 spiro atoms. The Morgan fingerprint density at radius 2 is 1.56 bits per heavy atom. The van der Waals surface area contributed by atoms with Crippen LogP contribution in [-0.4, -0.2) is 18.9 Å². The number of nitrogens with zero attached hydrogens (tertiary/aromatic N) is 1. The van der Waals surface area contributed by atoms with E-state index in [9.17, 15) is 9.59 Å². The monoisotopic (exact) mass is 335 g/mol. The summed E-state index contributed by atoms with van der Waals surface area (Å²) >= 11 is 0. The number of hydrogen-bond donors (Lipinski definition) is 0. The first kappa shape index (κ1) is 15.9. The number of methoxy groups -OCH3 is 1. The summed E-state index contributed by atoms with van der Waals surface area (Å²) in [7, 11) is 1.56. The molecule has 3 atom stereocenters. The summed E-state index contributed by atoms with van der Waals surface area (Å²) in [6.45, 7) is 0. The van der Waals surface area contributed by atoms with E-state index in [2.05, 4.69) is 12.1 Å². The lowest BCUT2D eigenvalue weighted by molar-refractivity contribution is -0.122. The highest BCUT2D eigenvalue weighted by atomic mass is 16.5. The molecule has 0 bridgehead atoms. The second-order valence-corrected chi connectivity index (χ2v) is 6.82. The van der Waals surface area contributed by atoms with E-state index in [1.807, 2.05) is 30.3 Å². The first-order valence-electron chi connectivity index (χ1n) is 8.76. The number of anilines is 1. The van der Waals surface area contributed by atoms with Crippen LogP contribution in [0, 0.1) is 11.8 Å². The minimum Gasteiger partial charge on any atom is -0.495 e. The second kappa shape index (κ2) is 6.36. The summed E-state index contributed by atoms with van der Waals surface area (Å²) in [5.41, 5.74) is 1.82. The third kappa shape index (κ3) is 2.62. The van der Waals surface area contributed by atoms with Gasteiger partial charge in [0.05, 0.1) is 24.6 Å². The molecule has 0 N–H and O–H groups in total. The average molecular weight is 335 g/mol. The molecular formula is C21H21NO3. The Bertz CT molecular complexity index is 802. The van der Waals surface area contributed by atoms with Crippen LogP contribution in [0.5, 0.6) is 5.75 Å². The zero-order chi connectivity index (χ0) is 17.4. The highest BCUT2D eigenvalue weighted by Gasteiger charge is 2.51. The topological polar surface area (TPSA) is 46.6 Å². The van der Waals surface area contributed by atoms with E-state index in [1.165, 1.54) is 10.5 Å². The quantitative estimate of drug-likeness (QED) is 0.802. The summed E-state index contributed by atoms with van der Waals surface area (Å²) in [5.74, 6) is 0.319. The fourth-order valence-electron chi connectivity index (χ4n) is 4.26. The van der Waals surface area contributed by atoms with Crippen molar-refractivity contribution in [1.82, 2.24) is 0 Å². The smallest absolute Gasteiger partial charge is 0.237 e. The lowest BCUT2D eigenvalue weighted by Crippen LogP contribution is -2.31. The van der Waals surface area contributed by atoms with Crippen molar-refractivity contribution in [2.24, 2.45) is 11.8 Å². The highest BCUT2D eigenvalue weighted by molar-refractivity contribution is 6.22. The third-order valence-electron chi connectivity index (χ3n) is 5.52. The highest BCUT2D eigenvalue weighted by Crippen LogP contribution is 2.46. The molecule has 0 aromatic heterocycles. The molecule has 128 valence electrons. The molecule has 25 heavy (non-hydrogen) atoms. The van der Waals surface area contributed by atoms with Gasteiger partial charge in [0.25, 0.3) is 0 Å². The van der Waals surface area contributed by atoms with E-state index >= 15 is 0 Å². The van der Waals surface area contributed by atoms with Gasteiger partial charge >= 0.3 is 0 Å². The Balaban J connectivity index is 1.63. The summed E-state index contributed by atoms with van der Waals surface area (Å²) in [5, 5.41) is 0.